The topological polar surface area (TPSA) is 60.5 Å². The van der Waals surface area contributed by atoms with Crippen LogP contribution in [-0.4, -0.2) is 24.1 Å². The van der Waals surface area contributed by atoms with Crippen LogP contribution < -0.4 is 14.8 Å². The number of ether oxygens (including phenoxy) is 2. The van der Waals surface area contributed by atoms with Crippen LogP contribution in [0.15, 0.2) is 30.5 Å². The molecule has 1 N–H and O–H groups in total. The lowest BCUT2D eigenvalue weighted by atomic mass is 10.3. The molecule has 0 radical (unpaired) electrons. The summed E-state index contributed by atoms with van der Waals surface area (Å²) in [6.07, 6.45) is 1.11. The highest BCUT2D eigenvalue weighted by Crippen LogP contribution is 2.20. The van der Waals surface area contributed by atoms with E-state index in [0.29, 0.717) is 10.9 Å². The van der Waals surface area contributed by atoms with Gasteiger partial charge in [0.2, 0.25) is 0 Å². The van der Waals surface area contributed by atoms with Crippen LogP contribution in [-0.2, 0) is 4.79 Å². The van der Waals surface area contributed by atoms with E-state index in [-0.39, 0.29) is 5.91 Å². The van der Waals surface area contributed by atoms with Gasteiger partial charge in [0.1, 0.15) is 11.5 Å². The molecule has 1 aromatic heterocycles. The van der Waals surface area contributed by atoms with E-state index in [2.05, 4.69) is 10.3 Å². The lowest BCUT2D eigenvalue weighted by Gasteiger charge is -2.13. The predicted octanol–water partition coefficient (Wildman–Crippen LogP) is 2.87. The van der Waals surface area contributed by atoms with Crippen molar-refractivity contribution in [2.45, 2.75) is 20.0 Å². The zero-order chi connectivity index (χ0) is 14.5. The Morgan fingerprint density at radius 3 is 2.50 bits per heavy atom. The fourth-order valence-electron chi connectivity index (χ4n) is 1.53. The van der Waals surface area contributed by atoms with Crippen LogP contribution in [0.5, 0.6) is 11.5 Å². The van der Waals surface area contributed by atoms with Gasteiger partial charge in [-0.25, -0.2) is 4.98 Å². The van der Waals surface area contributed by atoms with Crippen LogP contribution in [0.4, 0.5) is 5.13 Å². The van der Waals surface area contributed by atoms with E-state index >= 15 is 0 Å². The first-order chi connectivity index (χ1) is 9.58. The molecule has 0 aliphatic rings. The number of aryl methyl sites for hydroxylation is 1. The Morgan fingerprint density at radius 1 is 1.30 bits per heavy atom. The van der Waals surface area contributed by atoms with E-state index in [1.165, 1.54) is 11.3 Å². The summed E-state index contributed by atoms with van der Waals surface area (Å²) >= 11 is 1.43. The molecule has 5 nitrogen and oxygen atoms in total. The molecule has 106 valence electrons. The van der Waals surface area contributed by atoms with Crippen molar-refractivity contribution >= 4 is 22.4 Å². The largest absolute Gasteiger partial charge is 0.497 e. The van der Waals surface area contributed by atoms with Crippen molar-refractivity contribution < 1.29 is 14.3 Å². The highest BCUT2D eigenvalue weighted by atomic mass is 32.1. The number of carbonyl (C=O) groups is 1. The first kappa shape index (κ1) is 14.3. The normalized spacial score (nSPS) is 11.8. The van der Waals surface area contributed by atoms with Gasteiger partial charge >= 0.3 is 0 Å². The standard InChI is InChI=1S/C14H16N2O3S/c1-9-8-15-14(20-9)16-13(17)10(2)19-12-6-4-11(18-3)5-7-12/h4-8,10H,1-3H3,(H,15,16,17)/t10-/m0/s1. The average molecular weight is 292 g/mol. The maximum absolute atomic E-state index is 12.0. The molecule has 0 saturated carbocycles. The second-order valence-electron chi connectivity index (χ2n) is 4.20. The van der Waals surface area contributed by atoms with Gasteiger partial charge in [0.25, 0.3) is 5.91 Å². The third kappa shape index (κ3) is 3.71. The number of amides is 1. The van der Waals surface area contributed by atoms with Gasteiger partial charge in [-0.05, 0) is 38.1 Å². The van der Waals surface area contributed by atoms with E-state index in [0.717, 1.165) is 10.6 Å². The van der Waals surface area contributed by atoms with Crippen molar-refractivity contribution in [2.24, 2.45) is 0 Å². The summed E-state index contributed by atoms with van der Waals surface area (Å²) in [4.78, 5) is 17.1. The minimum atomic E-state index is -0.604. The molecule has 0 aliphatic heterocycles. The van der Waals surface area contributed by atoms with Gasteiger partial charge in [-0.2, -0.15) is 0 Å². The minimum absolute atomic E-state index is 0.227. The van der Waals surface area contributed by atoms with Gasteiger partial charge in [-0.3, -0.25) is 10.1 Å². The monoisotopic (exact) mass is 292 g/mol. The van der Waals surface area contributed by atoms with Crippen LogP contribution in [0, 0.1) is 6.92 Å². The molecular formula is C14H16N2O3S. The number of rotatable bonds is 5. The second-order valence-corrected chi connectivity index (χ2v) is 5.44. The Hall–Kier alpha value is -2.08. The second kappa shape index (κ2) is 6.38. The third-order valence-electron chi connectivity index (χ3n) is 2.59. The zero-order valence-electron chi connectivity index (χ0n) is 11.5. The van der Waals surface area contributed by atoms with Gasteiger partial charge in [0.05, 0.1) is 7.11 Å². The van der Waals surface area contributed by atoms with E-state index < -0.39 is 6.10 Å². The van der Waals surface area contributed by atoms with E-state index in [1.54, 1.807) is 44.5 Å². The lowest BCUT2D eigenvalue weighted by molar-refractivity contribution is -0.122. The van der Waals surface area contributed by atoms with Gasteiger partial charge in [-0.1, -0.05) is 0 Å². The number of nitrogens with one attached hydrogen (secondary N) is 1. The maximum atomic E-state index is 12.0. The van der Waals surface area contributed by atoms with Crippen molar-refractivity contribution in [2.75, 3.05) is 12.4 Å². The molecule has 1 atom stereocenters. The molecule has 1 amide bonds. The summed E-state index contributed by atoms with van der Waals surface area (Å²) in [6, 6.07) is 7.08. The lowest BCUT2D eigenvalue weighted by Crippen LogP contribution is -2.30. The molecule has 0 bridgehead atoms. The number of carbonyl (C=O) groups excluding carboxylic acids is 1. The first-order valence-electron chi connectivity index (χ1n) is 6.12. The Bertz CT molecular complexity index is 580. The number of hydrogen-bond donors (Lipinski definition) is 1. The molecule has 20 heavy (non-hydrogen) atoms. The van der Waals surface area contributed by atoms with Crippen LogP contribution >= 0.6 is 11.3 Å². The van der Waals surface area contributed by atoms with Crippen LogP contribution in [0.25, 0.3) is 0 Å². The Labute approximate surface area is 121 Å². The Morgan fingerprint density at radius 2 is 1.95 bits per heavy atom. The highest BCUT2D eigenvalue weighted by molar-refractivity contribution is 7.15. The molecule has 0 spiro atoms. The van der Waals surface area contributed by atoms with Crippen molar-refractivity contribution in [3.05, 3.63) is 35.3 Å². The van der Waals surface area contributed by atoms with E-state index in [9.17, 15) is 4.79 Å². The first-order valence-corrected chi connectivity index (χ1v) is 6.94. The molecule has 2 aromatic rings. The van der Waals surface area contributed by atoms with Gasteiger partial charge in [0, 0.05) is 11.1 Å². The number of benzene rings is 1. The van der Waals surface area contributed by atoms with E-state index in [1.807, 2.05) is 6.92 Å². The van der Waals surface area contributed by atoms with Gasteiger partial charge in [0.15, 0.2) is 11.2 Å². The smallest absolute Gasteiger partial charge is 0.266 e. The summed E-state index contributed by atoms with van der Waals surface area (Å²) in [7, 11) is 1.60. The fraction of sp³-hybridized carbons (Fsp3) is 0.286. The predicted molar refractivity (Wildman–Crippen MR) is 78.6 cm³/mol. The highest BCUT2D eigenvalue weighted by Gasteiger charge is 2.16. The van der Waals surface area contributed by atoms with Gasteiger partial charge in [-0.15, -0.1) is 11.3 Å². The molecule has 1 aromatic carbocycles. The van der Waals surface area contributed by atoms with Crippen molar-refractivity contribution in [3.8, 4) is 11.5 Å². The molecule has 6 heteroatoms. The number of aromatic nitrogens is 1. The summed E-state index contributed by atoms with van der Waals surface area (Å²) in [6.45, 7) is 3.63. The van der Waals surface area contributed by atoms with Crippen molar-refractivity contribution in [1.29, 1.82) is 0 Å². The molecule has 0 unspecified atom stereocenters. The maximum Gasteiger partial charge on any atom is 0.266 e. The van der Waals surface area contributed by atoms with E-state index in [4.69, 9.17) is 9.47 Å². The molecule has 0 aliphatic carbocycles. The molecule has 1 heterocycles. The molecular weight excluding hydrogens is 276 g/mol. The van der Waals surface area contributed by atoms with Crippen molar-refractivity contribution in [3.63, 3.8) is 0 Å². The fourth-order valence-corrected chi connectivity index (χ4v) is 2.20. The molecule has 2 rings (SSSR count). The quantitative estimate of drug-likeness (QED) is 0.920. The van der Waals surface area contributed by atoms with Gasteiger partial charge < -0.3 is 9.47 Å². The summed E-state index contributed by atoms with van der Waals surface area (Å²) < 4.78 is 10.6. The van der Waals surface area contributed by atoms with Crippen LogP contribution in [0.2, 0.25) is 0 Å². The minimum Gasteiger partial charge on any atom is -0.497 e. The number of thiazole rings is 1. The van der Waals surface area contributed by atoms with Crippen LogP contribution in [0.3, 0.4) is 0 Å². The average Bonchev–Trinajstić information content (AvgIpc) is 2.85. The SMILES string of the molecule is COc1ccc(O[C@@H](C)C(=O)Nc2ncc(C)s2)cc1. The number of anilines is 1. The Balaban J connectivity index is 1.92. The summed E-state index contributed by atoms with van der Waals surface area (Å²) in [5.74, 6) is 1.13. The zero-order valence-corrected chi connectivity index (χ0v) is 12.4. The third-order valence-corrected chi connectivity index (χ3v) is 3.42. The Kier molecular flexibility index (Phi) is 4.57. The van der Waals surface area contributed by atoms with Crippen LogP contribution in [0.1, 0.15) is 11.8 Å². The number of methoxy groups -OCH3 is 1. The number of nitrogens with zero attached hydrogens (tertiary/aromatic N) is 1. The molecule has 0 saturated heterocycles. The molecule has 0 fully saturated rings. The van der Waals surface area contributed by atoms with Crippen molar-refractivity contribution in [1.82, 2.24) is 4.98 Å². The summed E-state index contributed by atoms with van der Waals surface area (Å²) in [5.41, 5.74) is 0. The number of hydrogen-bond acceptors (Lipinski definition) is 5. The summed E-state index contributed by atoms with van der Waals surface area (Å²) in [5, 5.41) is 3.31.